The summed E-state index contributed by atoms with van der Waals surface area (Å²) in [4.78, 5) is 0. The van der Waals surface area contributed by atoms with Crippen molar-refractivity contribution >= 4 is 0 Å². The Labute approximate surface area is 79.6 Å². The summed E-state index contributed by atoms with van der Waals surface area (Å²) in [5.41, 5.74) is 0. The molecule has 0 atom stereocenters. The van der Waals surface area contributed by atoms with Crippen LogP contribution < -0.4 is 0 Å². The van der Waals surface area contributed by atoms with E-state index in [-0.39, 0.29) is 0 Å². The van der Waals surface area contributed by atoms with Gasteiger partial charge in [-0.15, -0.1) is 0 Å². The van der Waals surface area contributed by atoms with Gasteiger partial charge in [-0.3, -0.25) is 0 Å². The Morgan fingerprint density at radius 1 is 1.00 bits per heavy atom. The zero-order chi connectivity index (χ0) is 12.3. The van der Waals surface area contributed by atoms with Gasteiger partial charge >= 0.3 is 18.0 Å². The highest BCUT2D eigenvalue weighted by Gasteiger charge is 2.73. The molecular formula is C6H7F7O2. The molecule has 0 aliphatic carbocycles. The Bertz CT molecular complexity index is 206. The molecule has 0 heterocycles. The molecule has 1 N–H and O–H groups in total. The van der Waals surface area contributed by atoms with Crippen molar-refractivity contribution in [3.8, 4) is 0 Å². The van der Waals surface area contributed by atoms with E-state index in [1.165, 1.54) is 0 Å². The quantitative estimate of drug-likeness (QED) is 0.722. The predicted molar refractivity (Wildman–Crippen MR) is 33.9 cm³/mol. The summed E-state index contributed by atoms with van der Waals surface area (Å²) in [7, 11) is 0. The minimum atomic E-state index is -5.98. The van der Waals surface area contributed by atoms with Gasteiger partial charge in [0.1, 0.15) is 0 Å². The van der Waals surface area contributed by atoms with Gasteiger partial charge in [-0.2, -0.15) is 26.3 Å². The molecule has 0 saturated carbocycles. The summed E-state index contributed by atoms with van der Waals surface area (Å²) in [6.45, 7) is -5.28. The van der Waals surface area contributed by atoms with Crippen molar-refractivity contribution in [3.63, 3.8) is 0 Å². The molecule has 0 aliphatic heterocycles. The molecule has 0 radical (unpaired) electrons. The first-order valence-electron chi connectivity index (χ1n) is 3.56. The molecule has 0 saturated heterocycles. The Balaban J connectivity index is 4.83. The summed E-state index contributed by atoms with van der Waals surface area (Å²) in [5, 5.41) is 7.99. The Morgan fingerprint density at radius 3 is 1.80 bits per heavy atom. The summed E-state index contributed by atoms with van der Waals surface area (Å²) in [6.07, 6.45) is -5.55. The van der Waals surface area contributed by atoms with E-state index in [9.17, 15) is 30.7 Å². The van der Waals surface area contributed by atoms with Gasteiger partial charge in [-0.25, -0.2) is 4.39 Å². The van der Waals surface area contributed by atoms with E-state index in [1.54, 1.807) is 0 Å². The molecule has 15 heavy (non-hydrogen) atoms. The molecule has 0 amide bonds. The molecule has 0 fully saturated rings. The van der Waals surface area contributed by atoms with Gasteiger partial charge in [0.05, 0.1) is 13.2 Å². The van der Waals surface area contributed by atoms with Crippen LogP contribution in [0, 0.1) is 0 Å². The van der Waals surface area contributed by atoms with E-state index in [0.717, 1.165) is 0 Å². The van der Waals surface area contributed by atoms with E-state index in [4.69, 9.17) is 5.11 Å². The summed E-state index contributed by atoms with van der Waals surface area (Å²) in [5.74, 6) is -11.5. The number of hydrogen-bond acceptors (Lipinski definition) is 2. The zero-order valence-corrected chi connectivity index (χ0v) is 7.12. The molecular weight excluding hydrogens is 237 g/mol. The topological polar surface area (TPSA) is 29.5 Å². The van der Waals surface area contributed by atoms with E-state index >= 15 is 0 Å². The van der Waals surface area contributed by atoms with Crippen molar-refractivity contribution < 1.29 is 40.6 Å². The molecule has 92 valence electrons. The minimum absolute atomic E-state index is 1.06. The lowest BCUT2D eigenvalue weighted by atomic mass is 10.2. The average Bonchev–Trinajstić information content (AvgIpc) is 2.14. The Morgan fingerprint density at radius 2 is 1.47 bits per heavy atom. The van der Waals surface area contributed by atoms with Gasteiger partial charge in [0.15, 0.2) is 6.67 Å². The van der Waals surface area contributed by atoms with E-state index in [1.807, 2.05) is 0 Å². The zero-order valence-electron chi connectivity index (χ0n) is 7.12. The highest BCUT2D eigenvalue weighted by atomic mass is 19.4. The third kappa shape index (κ3) is 2.71. The second-order valence-electron chi connectivity index (χ2n) is 2.50. The maximum absolute atomic E-state index is 12.4. The van der Waals surface area contributed by atoms with Crippen LogP contribution in [-0.4, -0.2) is 42.9 Å². The normalized spacial score (nSPS) is 14.4. The number of hydrogen-bond donors (Lipinski definition) is 1. The van der Waals surface area contributed by atoms with Crippen molar-refractivity contribution in [2.45, 2.75) is 18.0 Å². The highest BCUT2D eigenvalue weighted by Crippen LogP contribution is 2.46. The molecule has 0 aliphatic rings. The third-order valence-electron chi connectivity index (χ3n) is 1.37. The largest absolute Gasteiger partial charge is 0.425 e. The van der Waals surface area contributed by atoms with Crippen LogP contribution in [0.2, 0.25) is 0 Å². The van der Waals surface area contributed by atoms with Crippen molar-refractivity contribution in [1.29, 1.82) is 0 Å². The number of alkyl halides is 7. The van der Waals surface area contributed by atoms with Crippen LogP contribution in [0.1, 0.15) is 0 Å². The van der Waals surface area contributed by atoms with Crippen LogP contribution in [-0.2, 0) is 4.74 Å². The monoisotopic (exact) mass is 244 g/mol. The van der Waals surface area contributed by atoms with E-state index in [0.29, 0.717) is 0 Å². The molecule has 0 bridgehead atoms. The van der Waals surface area contributed by atoms with Crippen molar-refractivity contribution in [2.75, 3.05) is 19.9 Å². The summed E-state index contributed by atoms with van der Waals surface area (Å²) < 4.78 is 88.1. The van der Waals surface area contributed by atoms with Gasteiger partial charge < -0.3 is 9.84 Å². The van der Waals surface area contributed by atoms with Crippen LogP contribution >= 0.6 is 0 Å². The second kappa shape index (κ2) is 4.52. The summed E-state index contributed by atoms with van der Waals surface area (Å²) >= 11 is 0. The first kappa shape index (κ1) is 14.4. The van der Waals surface area contributed by atoms with Crippen molar-refractivity contribution in [1.82, 2.24) is 0 Å². The third-order valence-corrected chi connectivity index (χ3v) is 1.37. The molecule has 0 aromatic heterocycles. The fourth-order valence-corrected chi connectivity index (χ4v) is 0.561. The number of halogens is 7. The van der Waals surface area contributed by atoms with Gasteiger partial charge in [-0.05, 0) is 0 Å². The molecule has 0 aromatic carbocycles. The minimum Gasteiger partial charge on any atom is -0.394 e. The number of rotatable bonds is 6. The fourth-order valence-electron chi connectivity index (χ4n) is 0.561. The van der Waals surface area contributed by atoms with E-state index < -0.39 is 37.8 Å². The van der Waals surface area contributed by atoms with Crippen LogP contribution in [0.15, 0.2) is 0 Å². The maximum atomic E-state index is 12.4. The Kier molecular flexibility index (Phi) is 4.35. The lowest BCUT2D eigenvalue weighted by molar-refractivity contribution is -0.400. The molecule has 0 spiro atoms. The average molecular weight is 244 g/mol. The van der Waals surface area contributed by atoms with E-state index in [2.05, 4.69) is 4.74 Å². The van der Waals surface area contributed by atoms with Gasteiger partial charge in [0.2, 0.25) is 0 Å². The molecule has 2 nitrogen and oxygen atoms in total. The van der Waals surface area contributed by atoms with Gasteiger partial charge in [-0.1, -0.05) is 0 Å². The number of aliphatic hydroxyl groups is 1. The Hall–Kier alpha value is -0.570. The number of ether oxygens (including phenoxy) is 1. The van der Waals surface area contributed by atoms with Crippen LogP contribution in [0.3, 0.4) is 0 Å². The van der Waals surface area contributed by atoms with Crippen LogP contribution in [0.4, 0.5) is 30.7 Å². The standard InChI is InChI=1S/C6H7F7O2/c7-3-4(8,9)5(10,11)6(12,13)15-2-1-14/h14H,1-3H2. The molecule has 0 rings (SSSR count). The fraction of sp³-hybridized carbons (Fsp3) is 1.00. The lowest BCUT2D eigenvalue weighted by Gasteiger charge is -2.30. The van der Waals surface area contributed by atoms with Crippen LogP contribution in [0.5, 0.6) is 0 Å². The second-order valence-corrected chi connectivity index (χ2v) is 2.50. The highest BCUT2D eigenvalue weighted by molar-refractivity contribution is 4.91. The first-order valence-corrected chi connectivity index (χ1v) is 3.56. The van der Waals surface area contributed by atoms with Crippen LogP contribution in [0.25, 0.3) is 0 Å². The molecule has 0 aromatic rings. The predicted octanol–water partition coefficient (Wildman–Crippen LogP) is 1.83. The maximum Gasteiger partial charge on any atom is 0.425 e. The number of aliphatic hydroxyl groups excluding tert-OH is 1. The SMILES string of the molecule is OCCOC(F)(F)C(F)(F)C(F)(F)CF. The van der Waals surface area contributed by atoms with Crippen molar-refractivity contribution in [2.24, 2.45) is 0 Å². The smallest absolute Gasteiger partial charge is 0.394 e. The van der Waals surface area contributed by atoms with Gasteiger partial charge in [0, 0.05) is 0 Å². The van der Waals surface area contributed by atoms with Gasteiger partial charge in [0.25, 0.3) is 0 Å². The molecule has 0 unspecified atom stereocenters. The lowest BCUT2D eigenvalue weighted by Crippen LogP contribution is -2.56. The summed E-state index contributed by atoms with van der Waals surface area (Å²) in [6, 6.07) is 0. The molecule has 9 heteroatoms. The van der Waals surface area contributed by atoms with Crippen molar-refractivity contribution in [3.05, 3.63) is 0 Å². The first-order chi connectivity index (χ1) is 6.62.